The summed E-state index contributed by atoms with van der Waals surface area (Å²) in [5.41, 5.74) is 2.97. The van der Waals surface area contributed by atoms with E-state index in [2.05, 4.69) is 15.8 Å². The number of oxime groups is 1. The molecule has 2 N–H and O–H groups in total. The minimum atomic E-state index is -1.11. The molecule has 0 spiro atoms. The number of fused-ring (bicyclic) bond motifs is 1. The Kier molecular flexibility index (Phi) is 15.1. The fourth-order valence-electron chi connectivity index (χ4n) is 8.47. The van der Waals surface area contributed by atoms with E-state index in [0.29, 0.717) is 21.4 Å². The van der Waals surface area contributed by atoms with E-state index in [0.717, 1.165) is 27.8 Å². The summed E-state index contributed by atoms with van der Waals surface area (Å²) in [5, 5.41) is 12.1. The smallest absolute Gasteiger partial charge is 0.356 e. The standard InChI is InChI=1S/C55H49N5O9S3/c1-54(2,3)69-44(62)31-67-59-45(42-34-72-53(56-42)58-55(38-23-13-6-14-24-38,39-25-15-7-16-26-39)40-27-17-8-18-28-40)49(63)57-46-50(64)60-47(37(33-71-51(46)60)32-70-41-29-43(61)66-30-41)52(65)68-48(35-19-9-4-10-20-35)36-21-11-5-12-22-36/h4-29,34,46,48,51H,30-33H2,1-3H3,(H,56,58)(H,57,63)/b59-45-/t46-,51+/m1/s1. The number of hydrogen-bond donors (Lipinski definition) is 2. The van der Waals surface area contributed by atoms with Crippen LogP contribution in [0.1, 0.15) is 60.4 Å². The predicted molar refractivity (Wildman–Crippen MR) is 278 cm³/mol. The fraction of sp³-hybridized carbons (Fsp3) is 0.218. The largest absolute Gasteiger partial charge is 0.457 e. The van der Waals surface area contributed by atoms with E-state index in [1.54, 1.807) is 26.2 Å². The molecule has 4 heterocycles. The van der Waals surface area contributed by atoms with Crippen molar-refractivity contribution in [2.24, 2.45) is 5.16 Å². The molecule has 6 aromatic rings. The van der Waals surface area contributed by atoms with Crippen molar-refractivity contribution >= 4 is 75.4 Å². The zero-order valence-corrected chi connectivity index (χ0v) is 41.8. The van der Waals surface area contributed by atoms with Crippen LogP contribution < -0.4 is 10.6 Å². The van der Waals surface area contributed by atoms with Crippen LogP contribution in [0.15, 0.2) is 184 Å². The summed E-state index contributed by atoms with van der Waals surface area (Å²) in [6.07, 6.45) is 0.604. The number of amides is 2. The van der Waals surface area contributed by atoms with Crippen molar-refractivity contribution in [3.05, 3.63) is 213 Å². The molecule has 14 nitrogen and oxygen atoms in total. The Morgan fingerprint density at radius 2 is 1.38 bits per heavy atom. The first-order valence-electron chi connectivity index (χ1n) is 23.0. The number of thiazole rings is 1. The molecular weight excluding hydrogens is 971 g/mol. The summed E-state index contributed by atoms with van der Waals surface area (Å²) >= 11 is 3.94. The summed E-state index contributed by atoms with van der Waals surface area (Å²) < 4.78 is 16.9. The first-order chi connectivity index (χ1) is 34.9. The number of cyclic esters (lactones) is 1. The van der Waals surface area contributed by atoms with Crippen molar-refractivity contribution in [2.45, 2.75) is 49.4 Å². The van der Waals surface area contributed by atoms with E-state index >= 15 is 0 Å². The van der Waals surface area contributed by atoms with Crippen molar-refractivity contribution in [1.82, 2.24) is 15.2 Å². The van der Waals surface area contributed by atoms with Gasteiger partial charge in [-0.05, 0) is 54.2 Å². The van der Waals surface area contributed by atoms with Gasteiger partial charge in [0.2, 0.25) is 6.61 Å². The first-order valence-corrected chi connectivity index (χ1v) is 25.9. The quantitative estimate of drug-likeness (QED) is 0.0209. The predicted octanol–water partition coefficient (Wildman–Crippen LogP) is 8.77. The number of carbonyl (C=O) groups excluding carboxylic acids is 5. The number of rotatable bonds is 18. The summed E-state index contributed by atoms with van der Waals surface area (Å²) in [4.78, 5) is 80.9. The Hall–Kier alpha value is -7.47. The zero-order chi connectivity index (χ0) is 50.2. The first kappa shape index (κ1) is 49.5. The molecule has 3 aliphatic heterocycles. The van der Waals surface area contributed by atoms with Crippen LogP contribution in [0, 0.1) is 0 Å². The lowest BCUT2D eigenvalue weighted by Gasteiger charge is -2.49. The highest BCUT2D eigenvalue weighted by molar-refractivity contribution is 8.03. The number of nitrogens with zero attached hydrogens (tertiary/aromatic N) is 3. The molecule has 1 fully saturated rings. The molecule has 0 unspecified atom stereocenters. The lowest BCUT2D eigenvalue weighted by molar-refractivity contribution is -0.160. The fourth-order valence-corrected chi connectivity index (χ4v) is 11.6. The third kappa shape index (κ3) is 11.0. The number of benzene rings is 5. The molecule has 0 bridgehead atoms. The molecule has 9 rings (SSSR count). The van der Waals surface area contributed by atoms with Gasteiger partial charge in [-0.15, -0.1) is 34.9 Å². The Morgan fingerprint density at radius 3 is 1.90 bits per heavy atom. The number of β-lactam (4-membered cyclic amide) rings is 1. The maximum Gasteiger partial charge on any atom is 0.356 e. The number of aromatic nitrogens is 1. The molecule has 0 aliphatic carbocycles. The molecule has 3 aliphatic rings. The van der Waals surface area contributed by atoms with Gasteiger partial charge in [-0.2, -0.15) is 0 Å². The molecule has 366 valence electrons. The van der Waals surface area contributed by atoms with E-state index in [1.165, 1.54) is 45.8 Å². The van der Waals surface area contributed by atoms with E-state index < -0.39 is 65.0 Å². The molecule has 5 aromatic carbocycles. The van der Waals surface area contributed by atoms with Gasteiger partial charge in [0.05, 0.1) is 0 Å². The lowest BCUT2D eigenvalue weighted by Crippen LogP contribution is -2.71. The number of thioether (sulfide) groups is 2. The van der Waals surface area contributed by atoms with Crippen molar-refractivity contribution < 1.29 is 43.0 Å². The molecular formula is C55H49N5O9S3. The van der Waals surface area contributed by atoms with Crippen LogP contribution in [0.2, 0.25) is 0 Å². The number of hydrogen-bond acceptors (Lipinski definition) is 15. The molecule has 0 saturated carbocycles. The van der Waals surface area contributed by atoms with Gasteiger partial charge in [-0.1, -0.05) is 157 Å². The average molecular weight is 1020 g/mol. The molecule has 17 heteroatoms. The van der Waals surface area contributed by atoms with Crippen molar-refractivity contribution in [2.75, 3.05) is 30.0 Å². The molecule has 2 amide bonds. The number of anilines is 1. The number of esters is 3. The lowest BCUT2D eigenvalue weighted by atomic mass is 9.77. The highest BCUT2D eigenvalue weighted by atomic mass is 32.2. The maximum atomic E-state index is 14.6. The highest BCUT2D eigenvalue weighted by Gasteiger charge is 2.55. The summed E-state index contributed by atoms with van der Waals surface area (Å²) in [7, 11) is 0. The van der Waals surface area contributed by atoms with Crippen LogP contribution in [-0.2, 0) is 48.6 Å². The molecule has 0 radical (unpaired) electrons. The van der Waals surface area contributed by atoms with Crippen LogP contribution in [-0.4, -0.2) is 87.1 Å². The monoisotopic (exact) mass is 1020 g/mol. The van der Waals surface area contributed by atoms with Crippen LogP contribution in [0.5, 0.6) is 0 Å². The number of ether oxygens (including phenoxy) is 3. The minimum absolute atomic E-state index is 0.0630. The molecule has 1 saturated heterocycles. The topological polar surface area (TPSA) is 175 Å². The van der Waals surface area contributed by atoms with Crippen LogP contribution in [0.25, 0.3) is 0 Å². The molecule has 72 heavy (non-hydrogen) atoms. The van der Waals surface area contributed by atoms with Gasteiger partial charge in [0.15, 0.2) is 16.9 Å². The highest BCUT2D eigenvalue weighted by Crippen LogP contribution is 2.44. The van der Waals surface area contributed by atoms with Gasteiger partial charge in [-0.25, -0.2) is 19.4 Å². The van der Waals surface area contributed by atoms with Gasteiger partial charge < -0.3 is 29.7 Å². The van der Waals surface area contributed by atoms with E-state index in [4.69, 9.17) is 24.0 Å². The van der Waals surface area contributed by atoms with Crippen LogP contribution >= 0.6 is 34.9 Å². The van der Waals surface area contributed by atoms with Crippen LogP contribution in [0.3, 0.4) is 0 Å². The van der Waals surface area contributed by atoms with Gasteiger partial charge in [0.25, 0.3) is 11.8 Å². The van der Waals surface area contributed by atoms with E-state index in [1.807, 2.05) is 152 Å². The summed E-state index contributed by atoms with van der Waals surface area (Å²) in [6.45, 7) is 4.66. The van der Waals surface area contributed by atoms with E-state index in [-0.39, 0.29) is 29.5 Å². The van der Waals surface area contributed by atoms with E-state index in [9.17, 15) is 24.0 Å². The average Bonchev–Trinajstić information content (AvgIpc) is 4.05. The number of carbonyl (C=O) groups is 5. The van der Waals surface area contributed by atoms with Gasteiger partial charge >= 0.3 is 17.9 Å². The second kappa shape index (κ2) is 21.9. The number of nitrogens with one attached hydrogen (secondary N) is 2. The Labute approximate surface area is 428 Å². The molecule has 1 aromatic heterocycles. The van der Waals surface area contributed by atoms with Crippen molar-refractivity contribution in [3.63, 3.8) is 0 Å². The zero-order valence-electron chi connectivity index (χ0n) is 39.4. The second-order valence-corrected chi connectivity index (χ2v) is 20.8. The maximum absolute atomic E-state index is 14.6. The van der Waals surface area contributed by atoms with Crippen LogP contribution in [0.4, 0.5) is 5.13 Å². The van der Waals surface area contributed by atoms with Gasteiger partial charge in [-0.3, -0.25) is 14.5 Å². The summed E-state index contributed by atoms with van der Waals surface area (Å²) in [6, 6.07) is 47.4. The Morgan fingerprint density at radius 1 is 0.819 bits per heavy atom. The third-order valence-electron chi connectivity index (χ3n) is 11.7. The normalized spacial score (nSPS) is 16.8. The van der Waals surface area contributed by atoms with Crippen molar-refractivity contribution in [3.8, 4) is 0 Å². The Balaban J connectivity index is 1.02. The SMILES string of the molecule is CC(C)(C)OC(=O)CO/N=C(\C(=O)N[C@@H]1C(=O)N2C(C(=O)OC(c3ccccc3)c3ccccc3)=C(CSC3=CC(=O)OC3)CS[C@@H]12)c1csc(NC(c2ccccc2)(c2ccccc2)c2ccccc2)n1. The third-order valence-corrected chi connectivity index (χ3v) is 14.9. The summed E-state index contributed by atoms with van der Waals surface area (Å²) in [5.74, 6) is -2.68. The van der Waals surface area contributed by atoms with Gasteiger partial charge in [0.1, 0.15) is 40.6 Å². The Bertz CT molecular complexity index is 2900. The second-order valence-electron chi connectivity index (χ2n) is 17.7. The minimum Gasteiger partial charge on any atom is -0.457 e. The van der Waals surface area contributed by atoms with Gasteiger partial charge in [0, 0.05) is 27.9 Å². The molecule has 2 atom stereocenters. The van der Waals surface area contributed by atoms with Crippen molar-refractivity contribution in [1.29, 1.82) is 0 Å².